The fourth-order valence-electron chi connectivity index (χ4n) is 14.7. The highest BCUT2D eigenvalue weighted by atomic mass is 32.2. The van der Waals surface area contributed by atoms with Gasteiger partial charge in [-0.25, -0.2) is 9.78 Å². The fourth-order valence-corrected chi connectivity index (χ4v) is 15.7. The second-order valence-electron chi connectivity index (χ2n) is 34.1. The number of benzene rings is 10. The quantitative estimate of drug-likeness (QED) is 0.0547. The number of phenolic OH excluding ortho intramolecular Hbond substituents is 1. The number of para-hydroxylation sites is 4. The molecule has 1 atom stereocenters. The number of H-pyrrole nitrogens is 1. The molecule has 0 amide bonds. The third-order valence-electron chi connectivity index (χ3n) is 21.4. The number of methoxy groups -OCH3 is 4. The molecule has 0 radical (unpaired) electrons. The standard InChI is InChI=1S/C24H20N2S.C23H32N2O.C22H28N2.C18H21NO2.C13H17NO2.C10H9NO2/c1-17-8-7-9-18(2)24(17)27-23-13-6-5-12-22(23)25-16-20-15-14-19-10-3-4-11-21(19)26-20;1-22(2,3)18-14-17(21(26-7)20(15-18)23(4,5)6)16-24-13-11-19-10-8-9-12-25-19;1-13-9-15(3)21(16(4)10-13)23-19(7)20(8)24-22-17(5)11-14(2)12-18(22)6;1-12-8-13(2)18(14(3)9-12)19-11-15-10-16(20-4)6-7-17(15)21-5;1-10(12-6-2-3-7-13(12)15)14-9-11-5-4-8-16-11;1-13-10(12)9-6-7-4-2-3-5-8(7)11-9/h3-16H,1-2H3;8-10,12,14-16H,11,13H2,1-7H3;9-12H,1-8H3;6-11H,1-5H3;2-3,6-7,11,15H,4-5,8-9H2,1H3;2-6,11H,1H3. The van der Waals surface area contributed by atoms with E-state index in [0.717, 1.165) is 138 Å². The van der Waals surface area contributed by atoms with E-state index in [1.165, 1.54) is 84.3 Å². The van der Waals surface area contributed by atoms with E-state index in [9.17, 15) is 9.90 Å². The molecule has 17 heteroatoms. The Kier molecular flexibility index (Phi) is 36.3. The molecular formula is C110H127N9O7S. The van der Waals surface area contributed by atoms with Gasteiger partial charge >= 0.3 is 5.97 Å². The number of carbonyl (C=O) groups excluding carboxylic acids is 1. The molecule has 1 unspecified atom stereocenters. The third kappa shape index (κ3) is 28.9. The van der Waals surface area contributed by atoms with Crippen molar-refractivity contribution in [2.45, 2.75) is 184 Å². The van der Waals surface area contributed by atoms with E-state index in [4.69, 9.17) is 33.9 Å². The molecule has 1 aliphatic heterocycles. The summed E-state index contributed by atoms with van der Waals surface area (Å²) in [5.74, 6) is 2.44. The maximum atomic E-state index is 11.1. The number of ether oxygens (including phenoxy) is 5. The van der Waals surface area contributed by atoms with Gasteiger partial charge in [-0.1, -0.05) is 203 Å². The van der Waals surface area contributed by atoms with Crippen LogP contribution >= 0.6 is 11.8 Å². The Morgan fingerprint density at radius 1 is 0.551 bits per heavy atom. The number of aryl methyl sites for hydroxylation is 11. The van der Waals surface area contributed by atoms with Crippen LogP contribution in [0.15, 0.2) is 264 Å². The van der Waals surface area contributed by atoms with Gasteiger partial charge in [-0.3, -0.25) is 34.9 Å². The average molecular weight is 1720 g/mol. The normalized spacial score (nSPS) is 12.9. The first-order valence-electron chi connectivity index (χ1n) is 43.2. The van der Waals surface area contributed by atoms with Gasteiger partial charge in [0.1, 0.15) is 28.7 Å². The molecule has 660 valence electrons. The molecule has 0 saturated carbocycles. The van der Waals surface area contributed by atoms with E-state index in [1.54, 1.807) is 45.2 Å². The Labute approximate surface area is 758 Å². The highest BCUT2D eigenvalue weighted by Gasteiger charge is 2.26. The van der Waals surface area contributed by atoms with Crippen LogP contribution in [0.1, 0.15) is 186 Å². The van der Waals surface area contributed by atoms with Crippen LogP contribution in [0, 0.1) is 76.2 Å². The lowest BCUT2D eigenvalue weighted by Crippen LogP contribution is -2.18. The summed E-state index contributed by atoms with van der Waals surface area (Å²) in [4.78, 5) is 53.8. The summed E-state index contributed by atoms with van der Waals surface area (Å²) in [7, 11) is 6.42. The number of hydrogen-bond donors (Lipinski definition) is 2. The molecular weight excluding hydrogens is 1590 g/mol. The number of aromatic nitrogens is 3. The number of aromatic hydroxyl groups is 1. The van der Waals surface area contributed by atoms with Gasteiger partial charge in [-0.15, -0.1) is 0 Å². The van der Waals surface area contributed by atoms with Crippen molar-refractivity contribution in [3.8, 4) is 23.0 Å². The second-order valence-corrected chi connectivity index (χ2v) is 35.1. The lowest BCUT2D eigenvalue weighted by Gasteiger charge is -2.28. The zero-order valence-electron chi connectivity index (χ0n) is 78.8. The minimum atomic E-state index is -0.337. The van der Waals surface area contributed by atoms with Crippen molar-refractivity contribution in [3.05, 3.63) is 331 Å². The molecule has 0 bridgehead atoms. The molecule has 10 aromatic carbocycles. The van der Waals surface area contributed by atoms with Gasteiger partial charge in [0.25, 0.3) is 0 Å². The molecule has 127 heavy (non-hydrogen) atoms. The highest BCUT2D eigenvalue weighted by molar-refractivity contribution is 7.99. The summed E-state index contributed by atoms with van der Waals surface area (Å²) >= 11 is 1.77. The molecule has 4 heterocycles. The van der Waals surface area contributed by atoms with Crippen LogP contribution in [-0.2, 0) is 26.7 Å². The van der Waals surface area contributed by atoms with Crippen molar-refractivity contribution in [1.82, 2.24) is 15.0 Å². The molecule has 1 aliphatic rings. The van der Waals surface area contributed by atoms with E-state index in [2.05, 4.69) is 243 Å². The van der Waals surface area contributed by atoms with Crippen LogP contribution < -0.4 is 14.2 Å². The average Bonchev–Trinajstić information content (AvgIpc) is 0.963. The van der Waals surface area contributed by atoms with Gasteiger partial charge in [-0.2, -0.15) is 0 Å². The molecule has 14 rings (SSSR count). The Hall–Kier alpha value is -12.7. The molecule has 3 aromatic heterocycles. The van der Waals surface area contributed by atoms with Gasteiger partial charge in [-0.05, 0) is 256 Å². The number of aromatic amines is 1. The molecule has 0 spiro atoms. The molecule has 1 fully saturated rings. The van der Waals surface area contributed by atoms with Gasteiger partial charge in [0.05, 0.1) is 92.7 Å². The van der Waals surface area contributed by atoms with Crippen LogP contribution in [0.5, 0.6) is 23.0 Å². The summed E-state index contributed by atoms with van der Waals surface area (Å²) < 4.78 is 26.5. The minimum absolute atomic E-state index is 0.00313. The van der Waals surface area contributed by atoms with Crippen molar-refractivity contribution in [2.24, 2.45) is 30.0 Å². The van der Waals surface area contributed by atoms with Crippen LogP contribution in [0.3, 0.4) is 0 Å². The van der Waals surface area contributed by atoms with Crippen LogP contribution in [0.4, 0.5) is 22.7 Å². The lowest BCUT2D eigenvalue weighted by atomic mass is 9.79. The number of esters is 1. The number of nitrogens with one attached hydrogen (secondary N) is 1. The van der Waals surface area contributed by atoms with Gasteiger partial charge < -0.3 is 33.8 Å². The van der Waals surface area contributed by atoms with E-state index < -0.39 is 0 Å². The predicted molar refractivity (Wildman–Crippen MR) is 534 cm³/mol. The summed E-state index contributed by atoms with van der Waals surface area (Å²) in [6.45, 7) is 44.9. The smallest absolute Gasteiger partial charge is 0.354 e. The number of fused-ring (bicyclic) bond motifs is 2. The first kappa shape index (κ1) is 98.1. The monoisotopic (exact) mass is 1720 g/mol. The fraction of sp³-hybridized carbons (Fsp3) is 0.300. The third-order valence-corrected chi connectivity index (χ3v) is 22.8. The van der Waals surface area contributed by atoms with E-state index in [0.29, 0.717) is 18.8 Å². The number of nitrogens with zero attached hydrogens (tertiary/aromatic N) is 8. The number of aliphatic imine (C=N–C) groups is 6. The SMILES string of the molecule is CC(=NCC1CCCO1)c1ccccc1O.CC(=Nc1c(C)cc(C)cc1C)C(C)=Nc1c(C)cc(C)cc1C.COC(=O)c1cc2ccccc2[nH]1.COc1c(C=NCCc2ccccn2)cc(C(C)(C)C)cc1C(C)(C)C.COc1ccc(OC)c(C=Nc2c(C)cc(C)cc2C)c1.Cc1cccc(C)c1Sc1ccccc1N=Cc1ccc2ccccc2n1. The summed E-state index contributed by atoms with van der Waals surface area (Å²) in [5.41, 5.74) is 30.1. The number of phenols is 1. The number of rotatable bonds is 20. The number of hydrogen-bond acceptors (Lipinski definition) is 16. The van der Waals surface area contributed by atoms with Gasteiger partial charge in [0.15, 0.2) is 0 Å². The Morgan fingerprint density at radius 3 is 1.71 bits per heavy atom. The Morgan fingerprint density at radius 2 is 1.14 bits per heavy atom. The van der Waals surface area contributed by atoms with Gasteiger partial charge in [0, 0.05) is 97.9 Å². The summed E-state index contributed by atoms with van der Waals surface area (Å²) in [6, 6.07) is 72.8. The highest BCUT2D eigenvalue weighted by Crippen LogP contribution is 2.41. The Bertz CT molecular complexity index is 5900. The Balaban J connectivity index is 0.000000175. The van der Waals surface area contributed by atoms with Crippen LogP contribution in [0.25, 0.3) is 21.8 Å². The lowest BCUT2D eigenvalue weighted by molar-refractivity contribution is 0.0595. The number of carbonyl (C=O) groups is 1. The first-order valence-corrected chi connectivity index (χ1v) is 44.0. The van der Waals surface area contributed by atoms with Crippen molar-refractivity contribution < 1.29 is 33.6 Å². The van der Waals surface area contributed by atoms with Crippen LogP contribution in [0.2, 0.25) is 0 Å². The maximum absolute atomic E-state index is 11.1. The van der Waals surface area contributed by atoms with E-state index >= 15 is 0 Å². The molecule has 2 N–H and O–H groups in total. The molecule has 0 aliphatic carbocycles. The minimum Gasteiger partial charge on any atom is -0.507 e. The zero-order valence-corrected chi connectivity index (χ0v) is 79.6. The van der Waals surface area contributed by atoms with Crippen molar-refractivity contribution >= 4 is 98.1 Å². The maximum Gasteiger partial charge on any atom is 0.354 e. The van der Waals surface area contributed by atoms with Crippen molar-refractivity contribution in [2.75, 3.05) is 48.1 Å². The first-order chi connectivity index (χ1) is 60.6. The number of pyridine rings is 2. The second kappa shape index (κ2) is 47.0. The largest absolute Gasteiger partial charge is 0.507 e. The van der Waals surface area contributed by atoms with E-state index in [-0.39, 0.29) is 28.7 Å². The van der Waals surface area contributed by atoms with Gasteiger partial charge in [0.2, 0.25) is 0 Å². The topological polar surface area (TPSA) is 199 Å². The van der Waals surface area contributed by atoms with E-state index in [1.807, 2.05) is 161 Å². The summed E-state index contributed by atoms with van der Waals surface area (Å²) in [6.07, 6.45) is 10.8. The predicted octanol–water partition coefficient (Wildman–Crippen LogP) is 27.2. The molecule has 1 saturated heterocycles. The zero-order chi connectivity index (χ0) is 92.1. The van der Waals surface area contributed by atoms with Crippen LogP contribution in [-0.4, -0.2) is 116 Å². The summed E-state index contributed by atoms with van der Waals surface area (Å²) in [5, 5.41) is 11.8. The molecule has 16 nitrogen and oxygen atoms in total. The van der Waals surface area contributed by atoms with Crippen molar-refractivity contribution in [1.29, 1.82) is 0 Å². The van der Waals surface area contributed by atoms with Crippen molar-refractivity contribution in [3.63, 3.8) is 0 Å². The molecule has 13 aromatic rings.